The highest BCUT2D eigenvalue weighted by Crippen LogP contribution is 2.46. The zero-order valence-electron chi connectivity index (χ0n) is 11.8. The van der Waals surface area contributed by atoms with Crippen molar-refractivity contribution in [1.82, 2.24) is 0 Å². The summed E-state index contributed by atoms with van der Waals surface area (Å²) in [7, 11) is 0. The largest absolute Gasteiger partial charge is 0.504 e. The van der Waals surface area contributed by atoms with Crippen LogP contribution in [0.3, 0.4) is 0 Å². The van der Waals surface area contributed by atoms with E-state index in [1.165, 1.54) is 16.9 Å². The minimum Gasteiger partial charge on any atom is -0.504 e. The van der Waals surface area contributed by atoms with Crippen LogP contribution in [0.1, 0.15) is 18.9 Å². The molecule has 2 aromatic heterocycles. The Kier molecular flexibility index (Phi) is 3.71. The van der Waals surface area contributed by atoms with Gasteiger partial charge in [0, 0.05) is 0 Å². The summed E-state index contributed by atoms with van der Waals surface area (Å²) in [5.74, 6) is 0.812. The van der Waals surface area contributed by atoms with Gasteiger partial charge in [0.15, 0.2) is 11.5 Å². The SMILES string of the molecule is CCCc1cccc(-c2c(N)oc(-c3cccs3)c2O)c1. The number of rotatable bonds is 4. The van der Waals surface area contributed by atoms with Crippen molar-refractivity contribution in [2.75, 3.05) is 5.73 Å². The fraction of sp³-hybridized carbons (Fsp3) is 0.176. The minimum absolute atomic E-state index is 0.114. The molecule has 0 saturated heterocycles. The van der Waals surface area contributed by atoms with Crippen LogP contribution >= 0.6 is 11.3 Å². The molecule has 0 aliphatic carbocycles. The highest BCUT2D eigenvalue weighted by Gasteiger charge is 2.21. The van der Waals surface area contributed by atoms with Gasteiger partial charge in [0.2, 0.25) is 5.88 Å². The van der Waals surface area contributed by atoms with Crippen LogP contribution in [0.15, 0.2) is 46.2 Å². The van der Waals surface area contributed by atoms with Gasteiger partial charge < -0.3 is 15.3 Å². The standard InChI is InChI=1S/C17H17NO2S/c1-2-5-11-6-3-7-12(10-11)14-15(19)16(20-17(14)18)13-8-4-9-21-13/h3-4,6-10,19H,2,5,18H2,1H3. The van der Waals surface area contributed by atoms with E-state index in [9.17, 15) is 5.11 Å². The number of aromatic hydroxyl groups is 1. The van der Waals surface area contributed by atoms with E-state index in [1.54, 1.807) is 0 Å². The molecule has 0 bridgehead atoms. The second-order valence-electron chi connectivity index (χ2n) is 4.95. The van der Waals surface area contributed by atoms with Crippen LogP contribution in [-0.2, 0) is 6.42 Å². The number of nitrogens with two attached hydrogens (primary N) is 1. The van der Waals surface area contributed by atoms with Gasteiger partial charge >= 0.3 is 0 Å². The van der Waals surface area contributed by atoms with Crippen molar-refractivity contribution in [3.63, 3.8) is 0 Å². The molecular formula is C17H17NO2S. The Hall–Kier alpha value is -2.20. The smallest absolute Gasteiger partial charge is 0.202 e. The van der Waals surface area contributed by atoms with Crippen molar-refractivity contribution in [2.24, 2.45) is 0 Å². The number of nitrogen functional groups attached to an aromatic ring is 1. The van der Waals surface area contributed by atoms with Gasteiger partial charge in [0.1, 0.15) is 0 Å². The van der Waals surface area contributed by atoms with Crippen molar-refractivity contribution in [2.45, 2.75) is 19.8 Å². The van der Waals surface area contributed by atoms with Crippen molar-refractivity contribution in [3.8, 4) is 27.5 Å². The van der Waals surface area contributed by atoms with E-state index in [2.05, 4.69) is 19.1 Å². The number of benzene rings is 1. The van der Waals surface area contributed by atoms with E-state index >= 15 is 0 Å². The maximum atomic E-state index is 10.5. The number of hydrogen-bond donors (Lipinski definition) is 2. The maximum absolute atomic E-state index is 10.5. The van der Waals surface area contributed by atoms with E-state index < -0.39 is 0 Å². The van der Waals surface area contributed by atoms with Crippen LogP contribution in [0.2, 0.25) is 0 Å². The van der Waals surface area contributed by atoms with E-state index in [0.717, 1.165) is 23.3 Å². The van der Waals surface area contributed by atoms with E-state index in [1.807, 2.05) is 29.6 Å². The predicted molar refractivity (Wildman–Crippen MR) is 87.5 cm³/mol. The highest BCUT2D eigenvalue weighted by atomic mass is 32.1. The average molecular weight is 299 g/mol. The molecule has 0 saturated carbocycles. The quantitative estimate of drug-likeness (QED) is 0.719. The monoisotopic (exact) mass is 299 g/mol. The van der Waals surface area contributed by atoms with E-state index in [4.69, 9.17) is 10.2 Å². The molecule has 1 aromatic carbocycles. The van der Waals surface area contributed by atoms with E-state index in [-0.39, 0.29) is 11.6 Å². The summed E-state index contributed by atoms with van der Waals surface area (Å²) in [5, 5.41) is 12.4. The number of thiophene rings is 1. The predicted octanol–water partition coefficient (Wildman–Crippen LogP) is 4.92. The number of hydrogen-bond acceptors (Lipinski definition) is 4. The highest BCUT2D eigenvalue weighted by molar-refractivity contribution is 7.13. The van der Waals surface area contributed by atoms with Crippen LogP contribution in [0.4, 0.5) is 5.88 Å². The van der Waals surface area contributed by atoms with Crippen LogP contribution in [0.25, 0.3) is 21.8 Å². The Bertz CT molecular complexity index is 744. The molecule has 21 heavy (non-hydrogen) atoms. The Balaban J connectivity index is 2.09. The summed E-state index contributed by atoms with van der Waals surface area (Å²) in [6.07, 6.45) is 2.08. The van der Waals surface area contributed by atoms with Crippen molar-refractivity contribution >= 4 is 17.2 Å². The molecule has 3 nitrogen and oxygen atoms in total. The second kappa shape index (κ2) is 5.66. The van der Waals surface area contributed by atoms with Gasteiger partial charge in [-0.15, -0.1) is 11.3 Å². The third kappa shape index (κ3) is 2.54. The van der Waals surface area contributed by atoms with Crippen molar-refractivity contribution in [3.05, 3.63) is 47.3 Å². The molecule has 0 spiro atoms. The number of anilines is 1. The molecule has 0 fully saturated rings. The van der Waals surface area contributed by atoms with Crippen LogP contribution < -0.4 is 5.73 Å². The molecule has 4 heteroatoms. The Morgan fingerprint density at radius 3 is 2.81 bits per heavy atom. The van der Waals surface area contributed by atoms with Gasteiger partial charge in [-0.3, -0.25) is 0 Å². The molecule has 0 aliphatic heterocycles. The topological polar surface area (TPSA) is 59.4 Å². The fourth-order valence-corrected chi connectivity index (χ4v) is 3.17. The average Bonchev–Trinajstić information content (AvgIpc) is 3.08. The first-order valence-corrected chi connectivity index (χ1v) is 7.83. The van der Waals surface area contributed by atoms with Crippen molar-refractivity contribution in [1.29, 1.82) is 0 Å². The molecule has 0 aliphatic rings. The molecule has 0 amide bonds. The van der Waals surface area contributed by atoms with Gasteiger partial charge in [0.05, 0.1) is 10.4 Å². The first-order valence-electron chi connectivity index (χ1n) is 6.95. The summed E-state index contributed by atoms with van der Waals surface area (Å²) in [6.45, 7) is 2.14. The Morgan fingerprint density at radius 2 is 2.10 bits per heavy atom. The summed E-state index contributed by atoms with van der Waals surface area (Å²) in [5.41, 5.74) is 8.68. The molecule has 3 aromatic rings. The Morgan fingerprint density at radius 1 is 1.24 bits per heavy atom. The number of furan rings is 1. The number of aryl methyl sites for hydroxylation is 1. The summed E-state index contributed by atoms with van der Waals surface area (Å²) in [4.78, 5) is 0.871. The first-order chi connectivity index (χ1) is 10.2. The zero-order chi connectivity index (χ0) is 14.8. The zero-order valence-corrected chi connectivity index (χ0v) is 12.6. The van der Waals surface area contributed by atoms with Gasteiger partial charge in [-0.25, -0.2) is 0 Å². The molecule has 2 heterocycles. The minimum atomic E-state index is 0.114. The first kappa shape index (κ1) is 13.8. The van der Waals surface area contributed by atoms with Gasteiger partial charge in [-0.2, -0.15) is 0 Å². The lowest BCUT2D eigenvalue weighted by molar-refractivity contribution is 0.467. The summed E-state index contributed by atoms with van der Waals surface area (Å²) in [6, 6.07) is 11.9. The molecule has 3 N–H and O–H groups in total. The maximum Gasteiger partial charge on any atom is 0.202 e. The van der Waals surface area contributed by atoms with Crippen LogP contribution in [-0.4, -0.2) is 5.11 Å². The molecule has 0 unspecified atom stereocenters. The lowest BCUT2D eigenvalue weighted by atomic mass is 10.0. The van der Waals surface area contributed by atoms with Gasteiger partial charge in [0.25, 0.3) is 0 Å². The Labute approximate surface area is 127 Å². The van der Waals surface area contributed by atoms with Gasteiger partial charge in [-0.1, -0.05) is 43.7 Å². The summed E-state index contributed by atoms with van der Waals surface area (Å²) < 4.78 is 5.58. The molecule has 3 rings (SSSR count). The third-order valence-electron chi connectivity index (χ3n) is 3.41. The van der Waals surface area contributed by atoms with Gasteiger partial charge in [-0.05, 0) is 29.0 Å². The fourth-order valence-electron chi connectivity index (χ4n) is 2.46. The second-order valence-corrected chi connectivity index (χ2v) is 5.89. The molecular weight excluding hydrogens is 282 g/mol. The lowest BCUT2D eigenvalue weighted by Crippen LogP contribution is -1.88. The molecule has 108 valence electrons. The van der Waals surface area contributed by atoms with Crippen LogP contribution in [0, 0.1) is 0 Å². The molecule has 0 atom stereocenters. The third-order valence-corrected chi connectivity index (χ3v) is 4.28. The normalized spacial score (nSPS) is 10.9. The van der Waals surface area contributed by atoms with Crippen LogP contribution in [0.5, 0.6) is 5.75 Å². The molecule has 0 radical (unpaired) electrons. The summed E-state index contributed by atoms with van der Waals surface area (Å²) >= 11 is 1.51. The lowest BCUT2D eigenvalue weighted by Gasteiger charge is -2.04. The van der Waals surface area contributed by atoms with Crippen molar-refractivity contribution < 1.29 is 9.52 Å². The van der Waals surface area contributed by atoms with E-state index in [0.29, 0.717) is 11.3 Å².